The number of nitrogens with zero attached hydrogens (tertiary/aromatic N) is 8. The number of aromatic nitrogens is 6. The average Bonchev–Trinajstić information content (AvgIpc) is 3.41. The smallest absolute Gasteiger partial charge is 0.332 e. The highest BCUT2D eigenvalue weighted by molar-refractivity contribution is 5.81. The largest absolute Gasteiger partial charge is 0.340 e. The van der Waals surface area contributed by atoms with Crippen molar-refractivity contribution in [1.29, 1.82) is 0 Å². The van der Waals surface area contributed by atoms with Crippen molar-refractivity contribution in [3.63, 3.8) is 0 Å². The molecule has 0 radical (unpaired) electrons. The molecule has 2 aromatic carbocycles. The molecule has 3 aromatic heterocycles. The second-order valence-electron chi connectivity index (χ2n) is 11.0. The third-order valence-corrected chi connectivity index (χ3v) is 7.96. The van der Waals surface area contributed by atoms with Gasteiger partial charge in [-0.2, -0.15) is 4.98 Å². The summed E-state index contributed by atoms with van der Waals surface area (Å²) >= 11 is 0. The molecule has 43 heavy (non-hydrogen) atoms. The van der Waals surface area contributed by atoms with Gasteiger partial charge in [-0.25, -0.2) is 14.8 Å². The molecule has 5 aromatic rings. The Kier molecular flexibility index (Phi) is 7.63. The van der Waals surface area contributed by atoms with Gasteiger partial charge in [0.15, 0.2) is 11.2 Å². The van der Waals surface area contributed by atoms with Crippen LogP contribution in [0.5, 0.6) is 0 Å². The van der Waals surface area contributed by atoms with Crippen LogP contribution in [0.2, 0.25) is 0 Å². The SMILES string of the molecule is CC#CCn1c(N2CCCC(N=Cc3ccc(C)cc3)C2)nc2c1c(=O)n(Cc1nc(C)c3ccccc3n1)c(=O)n2C. The van der Waals surface area contributed by atoms with Gasteiger partial charge in [0.25, 0.3) is 5.56 Å². The predicted octanol–water partition coefficient (Wildman–Crippen LogP) is 3.62. The van der Waals surface area contributed by atoms with Gasteiger partial charge in [0.2, 0.25) is 5.95 Å². The van der Waals surface area contributed by atoms with E-state index in [2.05, 4.69) is 57.9 Å². The van der Waals surface area contributed by atoms with Crippen LogP contribution in [-0.4, -0.2) is 54.0 Å². The number of aryl methyl sites for hydroxylation is 3. The highest BCUT2D eigenvalue weighted by atomic mass is 16.2. The number of para-hydroxylation sites is 1. The van der Waals surface area contributed by atoms with E-state index in [0.29, 0.717) is 29.5 Å². The lowest BCUT2D eigenvalue weighted by molar-refractivity contribution is 0.499. The van der Waals surface area contributed by atoms with Gasteiger partial charge in [-0.3, -0.25) is 23.5 Å². The van der Waals surface area contributed by atoms with E-state index in [1.165, 1.54) is 14.7 Å². The molecule has 1 aliphatic heterocycles. The number of benzene rings is 2. The van der Waals surface area contributed by atoms with Crippen LogP contribution in [0.15, 0.2) is 63.1 Å². The maximum atomic E-state index is 14.0. The third-order valence-electron chi connectivity index (χ3n) is 7.96. The van der Waals surface area contributed by atoms with Crippen LogP contribution in [0.3, 0.4) is 0 Å². The zero-order valence-electron chi connectivity index (χ0n) is 24.9. The molecule has 218 valence electrons. The van der Waals surface area contributed by atoms with Crippen molar-refractivity contribution >= 4 is 34.2 Å². The maximum absolute atomic E-state index is 14.0. The van der Waals surface area contributed by atoms with E-state index in [4.69, 9.17) is 9.98 Å². The second-order valence-corrected chi connectivity index (χ2v) is 11.0. The van der Waals surface area contributed by atoms with Crippen molar-refractivity contribution in [2.24, 2.45) is 12.0 Å². The number of anilines is 1. The van der Waals surface area contributed by atoms with E-state index >= 15 is 0 Å². The Morgan fingerprint density at radius 2 is 1.81 bits per heavy atom. The zero-order chi connectivity index (χ0) is 30.1. The van der Waals surface area contributed by atoms with Crippen molar-refractivity contribution in [3.8, 4) is 11.8 Å². The average molecular weight is 575 g/mol. The molecule has 0 amide bonds. The van der Waals surface area contributed by atoms with Crippen molar-refractivity contribution in [3.05, 3.63) is 92.0 Å². The van der Waals surface area contributed by atoms with Crippen molar-refractivity contribution in [2.75, 3.05) is 18.0 Å². The molecule has 1 unspecified atom stereocenters. The first-order valence-electron chi connectivity index (χ1n) is 14.5. The standard InChI is InChI=1S/C33H34N8O2/c1-5-6-18-40-29-30(37-32(40)39-17-9-10-25(20-39)34-19-24-15-13-22(2)14-16-24)38(4)33(43)41(31(29)42)21-28-35-23(3)26-11-7-8-12-27(26)36-28/h7-8,11-16,19,25H,9-10,17-18,20-21H2,1-4H3. The highest BCUT2D eigenvalue weighted by Gasteiger charge is 2.27. The van der Waals surface area contributed by atoms with Crippen LogP contribution in [0.25, 0.3) is 22.1 Å². The lowest BCUT2D eigenvalue weighted by Crippen LogP contribution is -2.40. The normalized spacial score (nSPS) is 15.3. The maximum Gasteiger partial charge on any atom is 0.332 e. The monoisotopic (exact) mass is 574 g/mol. The molecule has 6 rings (SSSR count). The molecule has 0 saturated carbocycles. The Morgan fingerprint density at radius 3 is 2.60 bits per heavy atom. The molecule has 0 spiro atoms. The van der Waals surface area contributed by atoms with E-state index in [0.717, 1.165) is 41.5 Å². The van der Waals surface area contributed by atoms with Gasteiger partial charge >= 0.3 is 5.69 Å². The van der Waals surface area contributed by atoms with Gasteiger partial charge in [-0.05, 0) is 45.2 Å². The van der Waals surface area contributed by atoms with Gasteiger partial charge in [-0.15, -0.1) is 5.92 Å². The summed E-state index contributed by atoms with van der Waals surface area (Å²) in [6.45, 7) is 7.38. The Balaban J connectivity index is 1.40. The van der Waals surface area contributed by atoms with E-state index in [-0.39, 0.29) is 19.1 Å². The number of hydrogen-bond acceptors (Lipinski definition) is 7. The summed E-state index contributed by atoms with van der Waals surface area (Å²) in [6.07, 6.45) is 3.82. The van der Waals surface area contributed by atoms with Gasteiger partial charge in [0, 0.05) is 37.4 Å². The molecular formula is C33H34N8O2. The molecule has 10 nitrogen and oxygen atoms in total. The molecule has 1 atom stereocenters. The molecule has 1 fully saturated rings. The molecule has 0 N–H and O–H groups in total. The Hall–Kier alpha value is -5.04. The first-order chi connectivity index (χ1) is 20.8. The number of rotatable bonds is 6. The number of piperidine rings is 1. The molecule has 1 aliphatic rings. The van der Waals surface area contributed by atoms with Gasteiger partial charge < -0.3 is 4.90 Å². The summed E-state index contributed by atoms with van der Waals surface area (Å²) in [5, 5.41) is 0.936. The third kappa shape index (κ3) is 5.46. The summed E-state index contributed by atoms with van der Waals surface area (Å²) in [5.74, 6) is 7.06. The first-order valence-corrected chi connectivity index (χ1v) is 14.5. The number of hydrogen-bond donors (Lipinski definition) is 0. The summed E-state index contributed by atoms with van der Waals surface area (Å²) in [4.78, 5) is 48.7. The van der Waals surface area contributed by atoms with Crippen molar-refractivity contribution in [1.82, 2.24) is 28.7 Å². The van der Waals surface area contributed by atoms with Crippen LogP contribution in [-0.2, 0) is 20.1 Å². The summed E-state index contributed by atoms with van der Waals surface area (Å²) in [7, 11) is 1.64. The molecule has 0 aliphatic carbocycles. The van der Waals surface area contributed by atoms with Crippen LogP contribution in [0.1, 0.15) is 42.4 Å². The summed E-state index contributed by atoms with van der Waals surface area (Å²) < 4.78 is 4.46. The minimum absolute atomic E-state index is 0.0490. The number of imidazole rings is 1. The van der Waals surface area contributed by atoms with E-state index < -0.39 is 11.2 Å². The molecule has 4 heterocycles. The van der Waals surface area contributed by atoms with Gasteiger partial charge in [-0.1, -0.05) is 53.9 Å². The lowest BCUT2D eigenvalue weighted by Gasteiger charge is -2.31. The predicted molar refractivity (Wildman–Crippen MR) is 170 cm³/mol. The van der Waals surface area contributed by atoms with E-state index in [1.54, 1.807) is 14.0 Å². The fraction of sp³-hybridized carbons (Fsp3) is 0.333. The van der Waals surface area contributed by atoms with Crippen molar-refractivity contribution in [2.45, 2.75) is 52.7 Å². The quantitative estimate of drug-likeness (QED) is 0.227. The van der Waals surface area contributed by atoms with Crippen molar-refractivity contribution < 1.29 is 0 Å². The molecule has 0 bridgehead atoms. The number of aliphatic imine (C=N–C) groups is 1. The fourth-order valence-corrected chi connectivity index (χ4v) is 5.66. The van der Waals surface area contributed by atoms with E-state index in [1.807, 2.05) is 42.0 Å². The Bertz CT molecular complexity index is 2040. The molecular weight excluding hydrogens is 540 g/mol. The zero-order valence-corrected chi connectivity index (χ0v) is 24.9. The van der Waals surface area contributed by atoms with Crippen LogP contribution < -0.4 is 16.1 Å². The van der Waals surface area contributed by atoms with Gasteiger partial charge in [0.05, 0.1) is 24.6 Å². The van der Waals surface area contributed by atoms with Crippen LogP contribution in [0, 0.1) is 25.7 Å². The topological polar surface area (TPSA) is 103 Å². The highest BCUT2D eigenvalue weighted by Crippen LogP contribution is 2.24. The summed E-state index contributed by atoms with van der Waals surface area (Å²) in [5.41, 5.74) is 3.60. The summed E-state index contributed by atoms with van der Waals surface area (Å²) in [6, 6.07) is 16.1. The first kappa shape index (κ1) is 28.1. The molecule has 10 heteroatoms. The minimum atomic E-state index is -0.469. The van der Waals surface area contributed by atoms with Gasteiger partial charge in [0.1, 0.15) is 5.82 Å². The molecule has 1 saturated heterocycles. The Labute approximate surface area is 249 Å². The van der Waals surface area contributed by atoms with E-state index in [9.17, 15) is 9.59 Å². The van der Waals surface area contributed by atoms with Crippen LogP contribution >= 0.6 is 0 Å². The lowest BCUT2D eigenvalue weighted by atomic mass is 10.1. The fourth-order valence-electron chi connectivity index (χ4n) is 5.66. The Morgan fingerprint density at radius 1 is 1.02 bits per heavy atom. The second kappa shape index (κ2) is 11.7. The number of fused-ring (bicyclic) bond motifs is 2. The minimum Gasteiger partial charge on any atom is -0.340 e. The van der Waals surface area contributed by atoms with Crippen LogP contribution in [0.4, 0.5) is 5.95 Å².